The number of aromatic nitrogens is 3. The number of aryl methyl sites for hydroxylation is 1. The van der Waals surface area contributed by atoms with E-state index >= 15 is 0 Å². The molecule has 0 bridgehead atoms. The third-order valence-electron chi connectivity index (χ3n) is 12.0. The van der Waals surface area contributed by atoms with Crippen LogP contribution in [-0.4, -0.2) is 27.8 Å². The van der Waals surface area contributed by atoms with Gasteiger partial charge in [-0.3, -0.25) is 4.98 Å². The fourth-order valence-electron chi connectivity index (χ4n) is 8.84. The van der Waals surface area contributed by atoms with Gasteiger partial charge in [0.2, 0.25) is 0 Å². The molecule has 0 aliphatic carbocycles. The Morgan fingerprint density at radius 2 is 1.37 bits per heavy atom. The Kier molecular flexibility index (Phi) is 11.0. The molecule has 0 saturated heterocycles. The maximum Gasteiger partial charge on any atom is 0 e. The van der Waals surface area contributed by atoms with E-state index in [1.165, 1.54) is 43.4 Å². The number of para-hydroxylation sites is 3. The number of hydrogen-bond acceptors (Lipinski definition) is 3. The van der Waals surface area contributed by atoms with E-state index < -0.39 is 26.0 Å². The molecule has 10 aromatic rings. The van der Waals surface area contributed by atoms with Crippen LogP contribution in [-0.2, 0) is 20.1 Å². The van der Waals surface area contributed by atoms with Gasteiger partial charge in [0.15, 0.2) is 0 Å². The summed E-state index contributed by atoms with van der Waals surface area (Å²) < 4.78 is 41.2. The topological polar surface area (TPSA) is 43.9 Å². The molecule has 0 saturated carbocycles. The summed E-state index contributed by atoms with van der Waals surface area (Å²) in [6, 6.07) is 50.0. The molecule has 0 aliphatic heterocycles. The molecule has 319 valence electrons. The summed E-state index contributed by atoms with van der Waals surface area (Å²) in [6.07, 6.45) is 1.91. The zero-order chi connectivity index (χ0) is 46.9. The molecule has 0 unspecified atom stereocenters. The number of fused-ring (bicyclic) bond motifs is 8. The molecule has 1 radical (unpaired) electrons. The van der Waals surface area contributed by atoms with Gasteiger partial charge < -0.3 is 8.98 Å². The second-order valence-electron chi connectivity index (χ2n) is 18.2. The van der Waals surface area contributed by atoms with Gasteiger partial charge in [-0.2, -0.15) is 0 Å². The van der Waals surface area contributed by atoms with Crippen LogP contribution < -0.4 is 4.40 Å². The summed E-state index contributed by atoms with van der Waals surface area (Å²) in [6.45, 7) is 10.7. The van der Waals surface area contributed by atoms with E-state index in [9.17, 15) is 0 Å². The number of pyridine rings is 1. The molecule has 0 fully saturated rings. The van der Waals surface area contributed by atoms with Crippen LogP contribution in [0.3, 0.4) is 0 Å². The summed E-state index contributed by atoms with van der Waals surface area (Å²) in [4.78, 5) is 9.83. The molecule has 10 rings (SSSR count). The molecule has 6 heteroatoms. The fourth-order valence-corrected chi connectivity index (χ4v) is 12.2. The fraction of sp³-hybridized carbons (Fsp3) is 0.228. The van der Waals surface area contributed by atoms with Crippen molar-refractivity contribution in [3.8, 4) is 28.3 Å². The first kappa shape index (κ1) is 39.3. The smallest absolute Gasteiger partial charge is 0 e. The Balaban J connectivity index is 0.000000209. The van der Waals surface area contributed by atoms with E-state index in [1.54, 1.807) is 12.1 Å². The second-order valence-corrected chi connectivity index (χ2v) is 28.8. The van der Waals surface area contributed by atoms with Crippen LogP contribution in [0.4, 0.5) is 0 Å². The molecule has 0 N–H and O–H groups in total. The zero-order valence-electron chi connectivity index (χ0n) is 41.4. The number of hydrogen-bond donors (Lipinski definition) is 0. The van der Waals surface area contributed by atoms with Gasteiger partial charge >= 0.3 is 131 Å². The molecule has 4 nitrogen and oxygen atoms in total. The predicted molar refractivity (Wildman–Crippen MR) is 266 cm³/mol. The van der Waals surface area contributed by atoms with E-state index in [0.29, 0.717) is 11.8 Å². The van der Waals surface area contributed by atoms with E-state index in [-0.39, 0.29) is 25.7 Å². The first-order valence-electron chi connectivity index (χ1n) is 23.6. The normalized spacial score (nSPS) is 13.3. The average molecular weight is 1070 g/mol. The summed E-state index contributed by atoms with van der Waals surface area (Å²) in [7, 11) is 0. The van der Waals surface area contributed by atoms with Crippen molar-refractivity contribution in [3.05, 3.63) is 168 Å². The third kappa shape index (κ3) is 8.21. The van der Waals surface area contributed by atoms with Crippen LogP contribution in [0.15, 0.2) is 138 Å². The first-order valence-corrected chi connectivity index (χ1v) is 29.0. The number of nitrogens with zero attached hydrogens (tertiary/aromatic N) is 3. The van der Waals surface area contributed by atoms with E-state index in [1.807, 2.05) is 32.2 Å². The van der Waals surface area contributed by atoms with Gasteiger partial charge in [0.25, 0.3) is 0 Å². The maximum atomic E-state index is 8.49. The van der Waals surface area contributed by atoms with Gasteiger partial charge in [-0.1, -0.05) is 118 Å². The van der Waals surface area contributed by atoms with Gasteiger partial charge in [-0.05, 0) is 51.3 Å². The predicted octanol–water partition coefficient (Wildman–Crippen LogP) is 15.5. The summed E-state index contributed by atoms with van der Waals surface area (Å²) in [5.41, 5.74) is 11.2. The molecular formula is C57H55GeIrN3O-2. The van der Waals surface area contributed by atoms with Crippen molar-refractivity contribution < 1.29 is 30.0 Å². The SMILES string of the molecule is CC(C)c1cccc(C(C)C)c1-n1c(-c2[c-]ccc3c2oc2c3ccc3c4ccccc4ccc32)nc2ccccc21.[2H]C([2H])([2H])c1c[c-]c(-c2cc(C([2H])(C)C)[c]([Ge]([CH3])([CH3])[CH3])cn2)cc1.[Ir]. The van der Waals surface area contributed by atoms with Gasteiger partial charge in [-0.25, -0.2) is 0 Å². The minimum atomic E-state index is -2.14. The molecule has 0 spiro atoms. The third-order valence-corrected chi connectivity index (χ3v) is 16.2. The van der Waals surface area contributed by atoms with Gasteiger partial charge in [-0.15, -0.1) is 18.2 Å². The Morgan fingerprint density at radius 1 is 0.683 bits per heavy atom. The van der Waals surface area contributed by atoms with Crippen molar-refractivity contribution in [3.63, 3.8) is 0 Å². The van der Waals surface area contributed by atoms with Crippen LogP contribution in [0.2, 0.25) is 17.3 Å². The average Bonchev–Trinajstić information content (AvgIpc) is 3.87. The molecule has 3 aromatic heterocycles. The van der Waals surface area contributed by atoms with Crippen molar-refractivity contribution in [2.24, 2.45) is 0 Å². The largest absolute Gasteiger partial charge is 0 e. The first-order chi connectivity index (χ1) is 31.3. The van der Waals surface area contributed by atoms with Crippen molar-refractivity contribution in [1.82, 2.24) is 14.5 Å². The number of benzene rings is 7. The molecule has 7 aromatic carbocycles. The minimum absolute atomic E-state index is 0. The van der Waals surface area contributed by atoms with Crippen LogP contribution in [0, 0.1) is 19.0 Å². The minimum Gasteiger partial charge on any atom is 0 e. The van der Waals surface area contributed by atoms with Crippen LogP contribution >= 0.6 is 0 Å². The van der Waals surface area contributed by atoms with Crippen LogP contribution in [0.25, 0.3) is 82.8 Å². The Bertz CT molecular complexity index is 3420. The quantitative estimate of drug-likeness (QED) is 0.0907. The molecule has 0 atom stereocenters. The Morgan fingerprint density at radius 3 is 2.06 bits per heavy atom. The van der Waals surface area contributed by atoms with E-state index in [4.69, 9.17) is 14.9 Å². The zero-order valence-corrected chi connectivity index (χ0v) is 41.9. The van der Waals surface area contributed by atoms with Crippen molar-refractivity contribution >= 4 is 72.2 Å². The van der Waals surface area contributed by atoms with Crippen LogP contribution in [0.1, 0.15) is 87.0 Å². The van der Waals surface area contributed by atoms with E-state index in [2.05, 4.69) is 164 Å². The molecule has 3 heterocycles. The van der Waals surface area contributed by atoms with Gasteiger partial charge in [0.1, 0.15) is 5.58 Å². The summed E-state index contributed by atoms with van der Waals surface area (Å²) in [5, 5.41) is 6.97. The van der Waals surface area contributed by atoms with Gasteiger partial charge in [0.05, 0.1) is 22.4 Å². The molecule has 0 aliphatic rings. The second kappa shape index (κ2) is 17.7. The Hall–Kier alpha value is -5.33. The monoisotopic (exact) mass is 1070 g/mol. The van der Waals surface area contributed by atoms with Crippen molar-refractivity contribution in [1.29, 1.82) is 0 Å². The molecule has 0 amide bonds. The molecule has 63 heavy (non-hydrogen) atoms. The van der Waals surface area contributed by atoms with Crippen molar-refractivity contribution in [2.75, 3.05) is 0 Å². The summed E-state index contributed by atoms with van der Waals surface area (Å²) >= 11 is -2.14. The van der Waals surface area contributed by atoms with Crippen molar-refractivity contribution in [2.45, 2.75) is 83.4 Å². The van der Waals surface area contributed by atoms with E-state index in [0.717, 1.165) is 66.6 Å². The molecular weight excluding hydrogens is 1010 g/mol. The standard InChI is InChI=1S/C39H31N2O.C18H24GeN.Ir/c1-23(2)26-13-9-14-27(24(3)4)36(26)41-35-18-8-7-17-34(35)40-39(41)33-16-10-15-30-32-22-21-29-28-12-6-5-11-25(28)19-20-31(29)37(32)42-38(30)33;1-13(2)16-11-18(15-9-7-14(3)8-10-15)20-12-17(16)19(4,5)6;/h5-15,17-24H,1-4H3;7-9,11-13H,1-6H3;/q2*-1;/i;3D3,13D;. The maximum absolute atomic E-state index is 8.49. The summed E-state index contributed by atoms with van der Waals surface area (Å²) in [5.74, 6) is 7.73. The number of furan rings is 1. The number of rotatable bonds is 7. The van der Waals surface area contributed by atoms with Gasteiger partial charge in [0, 0.05) is 36.6 Å². The van der Waals surface area contributed by atoms with Crippen LogP contribution in [0.5, 0.6) is 0 Å². The number of imidazole rings is 1. The Labute approximate surface area is 394 Å².